The van der Waals surface area contributed by atoms with Crippen molar-refractivity contribution in [2.45, 2.75) is 198 Å². The Bertz CT molecular complexity index is 1390. The van der Waals surface area contributed by atoms with Gasteiger partial charge in [-0.3, -0.25) is 4.79 Å². The second-order valence-electron chi connectivity index (χ2n) is 16.2. The van der Waals surface area contributed by atoms with Gasteiger partial charge in [0, 0.05) is 6.42 Å². The van der Waals surface area contributed by atoms with Gasteiger partial charge in [0.25, 0.3) is 0 Å². The van der Waals surface area contributed by atoms with E-state index in [1.807, 2.05) is 6.08 Å². The van der Waals surface area contributed by atoms with Crippen LogP contribution in [0.5, 0.6) is 0 Å². The lowest BCUT2D eigenvalue weighted by Crippen LogP contribution is -2.60. The smallest absolute Gasteiger partial charge is 0.220 e. The van der Waals surface area contributed by atoms with Crippen LogP contribution in [0.2, 0.25) is 0 Å². The van der Waals surface area contributed by atoms with Crippen LogP contribution < -0.4 is 5.32 Å². The van der Waals surface area contributed by atoms with Gasteiger partial charge in [0.05, 0.1) is 25.4 Å². The van der Waals surface area contributed by atoms with Gasteiger partial charge >= 0.3 is 0 Å². The first-order chi connectivity index (χ1) is 30.8. The Balaban J connectivity index is 2.37. The molecular weight excluding hydrogens is 791 g/mol. The normalized spacial score (nSPS) is 21.3. The van der Waals surface area contributed by atoms with Crippen LogP contribution >= 0.6 is 0 Å². The van der Waals surface area contributed by atoms with Gasteiger partial charge in [-0.15, -0.1) is 0 Å². The Morgan fingerprint density at radius 2 is 1.00 bits per heavy atom. The number of ether oxygens (including phenoxy) is 2. The van der Waals surface area contributed by atoms with Crippen LogP contribution in [0.4, 0.5) is 0 Å². The van der Waals surface area contributed by atoms with Crippen LogP contribution in [0.25, 0.3) is 0 Å². The van der Waals surface area contributed by atoms with Gasteiger partial charge in [0.1, 0.15) is 24.4 Å². The summed E-state index contributed by atoms with van der Waals surface area (Å²) in [7, 11) is 0. The number of carbonyl (C=O) groups excluding carboxylic acids is 1. The Hall–Kier alpha value is -3.41. The van der Waals surface area contributed by atoms with Crippen molar-refractivity contribution in [2.75, 3.05) is 13.2 Å². The summed E-state index contributed by atoms with van der Waals surface area (Å²) in [5, 5.41) is 54.1. The first-order valence-corrected chi connectivity index (χ1v) is 24.3. The molecule has 0 aliphatic carbocycles. The Morgan fingerprint density at radius 3 is 1.52 bits per heavy atom. The number of carbonyl (C=O) groups is 1. The van der Waals surface area contributed by atoms with E-state index in [1.165, 1.54) is 44.9 Å². The van der Waals surface area contributed by atoms with Crippen LogP contribution in [-0.4, -0.2) is 87.5 Å². The van der Waals surface area contributed by atoms with Crippen LogP contribution in [-0.2, 0) is 14.3 Å². The van der Waals surface area contributed by atoms with Gasteiger partial charge in [-0.1, -0.05) is 174 Å². The first-order valence-electron chi connectivity index (χ1n) is 24.3. The highest BCUT2D eigenvalue weighted by atomic mass is 16.7. The number of aliphatic hydroxyl groups excluding tert-OH is 5. The third-order valence-electron chi connectivity index (χ3n) is 10.5. The maximum absolute atomic E-state index is 13.0. The molecule has 9 nitrogen and oxygen atoms in total. The van der Waals surface area contributed by atoms with E-state index in [2.05, 4.69) is 129 Å². The minimum atomic E-state index is -1.59. The number of aliphatic hydroxyl groups is 5. The zero-order valence-electron chi connectivity index (χ0n) is 39.0. The zero-order chi connectivity index (χ0) is 45.9. The molecule has 1 heterocycles. The summed E-state index contributed by atoms with van der Waals surface area (Å²) in [5.41, 5.74) is 0. The van der Waals surface area contributed by atoms with Crippen molar-refractivity contribution < 1.29 is 39.8 Å². The van der Waals surface area contributed by atoms with E-state index in [-0.39, 0.29) is 18.9 Å². The third-order valence-corrected chi connectivity index (χ3v) is 10.5. The molecule has 6 N–H and O–H groups in total. The molecule has 1 rings (SSSR count). The van der Waals surface area contributed by atoms with Gasteiger partial charge in [-0.05, 0) is 96.3 Å². The maximum Gasteiger partial charge on any atom is 0.220 e. The van der Waals surface area contributed by atoms with Crippen molar-refractivity contribution in [1.29, 1.82) is 0 Å². The van der Waals surface area contributed by atoms with Crippen LogP contribution in [0.1, 0.15) is 155 Å². The fourth-order valence-electron chi connectivity index (χ4n) is 6.65. The standard InChI is InChI=1S/C54H87NO8/c1-3-5-7-9-11-13-15-17-18-19-20-21-22-23-24-25-26-27-28-29-30-32-34-36-38-40-42-44-50(58)55-47(46-62-54-53(61)52(60)51(59)49(45-56)63-54)48(57)43-41-39-37-35-33-31-16-14-12-10-8-6-4-2/h5,7,11,13,17-18,20-21,23-24,26-27,29-30,33-36,41,43,47-49,51-54,56-57,59-61H,3-4,6,8-10,12,14-16,19,22,25,28,31-32,37-40,42,44-46H2,1-2H3,(H,55,58)/b7-5-,13-11-,18-17-,21-20-,24-23-,27-26-,30-29-,35-33+,36-34-,43-41+. The van der Waals surface area contributed by atoms with E-state index in [0.29, 0.717) is 6.42 Å². The first kappa shape index (κ1) is 57.6. The van der Waals surface area contributed by atoms with Crippen molar-refractivity contribution in [2.24, 2.45) is 0 Å². The van der Waals surface area contributed by atoms with E-state index >= 15 is 0 Å². The van der Waals surface area contributed by atoms with Crippen LogP contribution in [0, 0.1) is 0 Å². The number of unbranched alkanes of at least 4 members (excludes halogenated alkanes) is 10. The van der Waals surface area contributed by atoms with Gasteiger partial charge in [0.15, 0.2) is 6.29 Å². The SMILES string of the molecule is CC/C=C\C/C=C\C/C=C\C/C=C\C/C=C\C/C=C\C/C=C\C/C=C\CCCCC(=O)NC(COC1OC(CO)C(O)C(O)C1O)C(O)/C=C/CC/C=C/CCCCCCCCC. The van der Waals surface area contributed by atoms with Gasteiger partial charge in [-0.2, -0.15) is 0 Å². The molecule has 1 aliphatic rings. The summed E-state index contributed by atoms with van der Waals surface area (Å²) in [6, 6.07) is -0.853. The van der Waals surface area contributed by atoms with E-state index in [1.54, 1.807) is 6.08 Å². The molecule has 63 heavy (non-hydrogen) atoms. The molecular formula is C54H87NO8. The van der Waals surface area contributed by atoms with Crippen molar-refractivity contribution in [1.82, 2.24) is 5.32 Å². The largest absolute Gasteiger partial charge is 0.394 e. The van der Waals surface area contributed by atoms with Crippen molar-refractivity contribution in [3.63, 3.8) is 0 Å². The predicted molar refractivity (Wildman–Crippen MR) is 262 cm³/mol. The summed E-state index contributed by atoms with van der Waals surface area (Å²) in [6.07, 6.45) is 56.7. The number of hydrogen-bond acceptors (Lipinski definition) is 8. The second-order valence-corrected chi connectivity index (χ2v) is 16.2. The van der Waals surface area contributed by atoms with Gasteiger partial charge in [0.2, 0.25) is 5.91 Å². The van der Waals surface area contributed by atoms with E-state index in [9.17, 15) is 30.3 Å². The van der Waals surface area contributed by atoms with Crippen molar-refractivity contribution in [3.8, 4) is 0 Å². The second kappa shape index (κ2) is 42.5. The lowest BCUT2D eigenvalue weighted by atomic mass is 9.99. The van der Waals surface area contributed by atoms with Crippen LogP contribution in [0.15, 0.2) is 122 Å². The summed E-state index contributed by atoms with van der Waals surface area (Å²) in [6.45, 7) is 3.58. The zero-order valence-corrected chi connectivity index (χ0v) is 39.0. The molecule has 1 saturated heterocycles. The predicted octanol–water partition coefficient (Wildman–Crippen LogP) is 10.8. The minimum absolute atomic E-state index is 0.228. The lowest BCUT2D eigenvalue weighted by Gasteiger charge is -2.40. The average molecular weight is 878 g/mol. The molecule has 0 aromatic heterocycles. The summed E-state index contributed by atoms with van der Waals surface area (Å²) < 4.78 is 11.2. The fourth-order valence-corrected chi connectivity index (χ4v) is 6.65. The monoisotopic (exact) mass is 878 g/mol. The topological polar surface area (TPSA) is 149 Å². The van der Waals surface area contributed by atoms with E-state index in [4.69, 9.17) is 9.47 Å². The molecule has 0 bridgehead atoms. The highest BCUT2D eigenvalue weighted by Crippen LogP contribution is 2.22. The molecule has 0 aromatic carbocycles. The average Bonchev–Trinajstić information content (AvgIpc) is 3.28. The highest BCUT2D eigenvalue weighted by Gasteiger charge is 2.44. The minimum Gasteiger partial charge on any atom is -0.394 e. The number of hydrogen-bond donors (Lipinski definition) is 6. The maximum atomic E-state index is 13.0. The summed E-state index contributed by atoms with van der Waals surface area (Å²) >= 11 is 0. The van der Waals surface area contributed by atoms with E-state index in [0.717, 1.165) is 83.5 Å². The lowest BCUT2D eigenvalue weighted by molar-refractivity contribution is -0.302. The van der Waals surface area contributed by atoms with Gasteiger partial charge in [-0.25, -0.2) is 0 Å². The molecule has 0 saturated carbocycles. The third kappa shape index (κ3) is 32.8. The molecule has 0 spiro atoms. The molecule has 7 atom stereocenters. The van der Waals surface area contributed by atoms with Crippen molar-refractivity contribution in [3.05, 3.63) is 122 Å². The molecule has 0 radical (unpaired) electrons. The molecule has 0 aromatic rings. The fraction of sp³-hybridized carbons (Fsp3) is 0.611. The number of allylic oxidation sites excluding steroid dienone is 19. The van der Waals surface area contributed by atoms with Crippen LogP contribution in [0.3, 0.4) is 0 Å². The molecule has 7 unspecified atom stereocenters. The molecule has 9 heteroatoms. The summed E-state index contributed by atoms with van der Waals surface area (Å²) in [4.78, 5) is 13.0. The Labute approximate surface area is 382 Å². The molecule has 1 amide bonds. The quantitative estimate of drug-likeness (QED) is 0.0265. The molecule has 1 aliphatic heterocycles. The highest BCUT2D eigenvalue weighted by molar-refractivity contribution is 5.76. The number of amides is 1. The Kier molecular flexibility index (Phi) is 38.9. The molecule has 1 fully saturated rings. The number of nitrogens with one attached hydrogen (secondary N) is 1. The molecule has 356 valence electrons. The van der Waals surface area contributed by atoms with Crippen molar-refractivity contribution >= 4 is 5.91 Å². The van der Waals surface area contributed by atoms with E-state index < -0.39 is 49.5 Å². The number of rotatable bonds is 38. The summed E-state index contributed by atoms with van der Waals surface area (Å²) in [5.74, 6) is -0.237. The Morgan fingerprint density at radius 1 is 0.556 bits per heavy atom. The van der Waals surface area contributed by atoms with Gasteiger partial charge < -0.3 is 40.3 Å².